The Morgan fingerprint density at radius 3 is 2.00 bits per heavy atom. The van der Waals surface area contributed by atoms with E-state index in [1.54, 1.807) is 0 Å². The van der Waals surface area contributed by atoms with Crippen LogP contribution in [-0.4, -0.2) is 33.7 Å². The molecule has 158 valence electrons. The Labute approximate surface area is 174 Å². The van der Waals surface area contributed by atoms with Gasteiger partial charge in [-0.1, -0.05) is 65.1 Å². The van der Waals surface area contributed by atoms with E-state index < -0.39 is 5.41 Å². The van der Waals surface area contributed by atoms with Crippen LogP contribution < -0.4 is 5.32 Å². The number of carbonyl (C=O) groups excluding carboxylic acids is 3. The summed E-state index contributed by atoms with van der Waals surface area (Å²) < 4.78 is 0. The lowest BCUT2D eigenvalue weighted by atomic mass is 9.72. The molecule has 0 heterocycles. The summed E-state index contributed by atoms with van der Waals surface area (Å²) in [5.74, 6) is 0.773. The van der Waals surface area contributed by atoms with E-state index in [1.807, 2.05) is 34.6 Å². The van der Waals surface area contributed by atoms with E-state index in [0.29, 0.717) is 25.8 Å². The minimum Gasteiger partial charge on any atom is -0.356 e. The first-order valence-electron chi connectivity index (χ1n) is 10.1. The molecule has 0 radical (unpaired) electrons. The van der Waals surface area contributed by atoms with Crippen molar-refractivity contribution in [3.05, 3.63) is 0 Å². The molecule has 0 saturated carbocycles. The predicted octanol–water partition coefficient (Wildman–Crippen LogP) is 5.44. The first-order valence-corrected chi connectivity index (χ1v) is 12.0. The van der Waals surface area contributed by atoms with E-state index in [4.69, 9.17) is 0 Å². The van der Waals surface area contributed by atoms with Crippen molar-refractivity contribution in [1.82, 2.24) is 5.32 Å². The maximum atomic E-state index is 12.4. The van der Waals surface area contributed by atoms with Crippen molar-refractivity contribution in [3.8, 4) is 0 Å². The molecule has 1 amide bonds. The van der Waals surface area contributed by atoms with E-state index in [-0.39, 0.29) is 26.8 Å². The third-order valence-corrected chi connectivity index (χ3v) is 7.14. The Kier molecular flexibility index (Phi) is 12.6. The summed E-state index contributed by atoms with van der Waals surface area (Å²) in [5.41, 5.74) is -0.700. The quantitative estimate of drug-likeness (QED) is 0.432. The van der Waals surface area contributed by atoms with Crippen molar-refractivity contribution in [2.45, 2.75) is 92.2 Å². The van der Waals surface area contributed by atoms with Gasteiger partial charge in [0.25, 0.3) is 0 Å². The van der Waals surface area contributed by atoms with Gasteiger partial charge in [0, 0.05) is 35.8 Å². The van der Waals surface area contributed by atoms with E-state index in [9.17, 15) is 14.4 Å². The number of rotatable bonds is 13. The summed E-state index contributed by atoms with van der Waals surface area (Å²) in [6, 6.07) is 0. The van der Waals surface area contributed by atoms with Crippen LogP contribution in [-0.2, 0) is 14.4 Å². The number of carbonyl (C=O) groups is 3. The van der Waals surface area contributed by atoms with Gasteiger partial charge in [-0.25, -0.2) is 0 Å². The van der Waals surface area contributed by atoms with Crippen LogP contribution in [0.4, 0.5) is 0 Å². The van der Waals surface area contributed by atoms with Crippen molar-refractivity contribution >= 4 is 39.7 Å². The molecule has 0 aromatic carbocycles. The lowest BCUT2D eigenvalue weighted by Crippen LogP contribution is -2.42. The summed E-state index contributed by atoms with van der Waals surface area (Å²) in [6.07, 6.45) is 4.36. The molecule has 0 aromatic rings. The number of nitrogens with one attached hydrogen (secondary N) is 1. The third-order valence-electron chi connectivity index (χ3n) is 4.55. The van der Waals surface area contributed by atoms with Crippen molar-refractivity contribution in [3.63, 3.8) is 0 Å². The summed E-state index contributed by atoms with van der Waals surface area (Å²) in [7, 11) is 0. The van der Waals surface area contributed by atoms with Crippen LogP contribution in [0.25, 0.3) is 0 Å². The van der Waals surface area contributed by atoms with E-state index in [2.05, 4.69) is 19.2 Å². The van der Waals surface area contributed by atoms with Crippen LogP contribution in [0.5, 0.6) is 0 Å². The van der Waals surface area contributed by atoms with Crippen LogP contribution in [0.1, 0.15) is 87.0 Å². The van der Waals surface area contributed by atoms with E-state index >= 15 is 0 Å². The van der Waals surface area contributed by atoms with Crippen LogP contribution in [0.15, 0.2) is 0 Å². The summed E-state index contributed by atoms with van der Waals surface area (Å²) in [6.45, 7) is 14.8. The maximum Gasteiger partial charge on any atom is 0.225 e. The van der Waals surface area contributed by atoms with Gasteiger partial charge in [-0.15, -0.1) is 0 Å². The Bertz CT molecular complexity index is 490. The van der Waals surface area contributed by atoms with Crippen LogP contribution >= 0.6 is 23.5 Å². The Hall–Kier alpha value is -0.490. The van der Waals surface area contributed by atoms with Crippen LogP contribution in [0, 0.1) is 10.8 Å². The number of amides is 1. The highest BCUT2D eigenvalue weighted by atomic mass is 32.2. The summed E-state index contributed by atoms with van der Waals surface area (Å²) in [4.78, 5) is 36.6. The first-order chi connectivity index (χ1) is 12.5. The number of thioether (sulfide) groups is 2. The fourth-order valence-electron chi connectivity index (χ4n) is 3.32. The summed E-state index contributed by atoms with van der Waals surface area (Å²) >= 11 is 2.79. The molecule has 0 aliphatic rings. The zero-order chi connectivity index (χ0) is 21.1. The average Bonchev–Trinajstić information content (AvgIpc) is 2.53. The lowest BCUT2D eigenvalue weighted by molar-refractivity contribution is -0.130. The highest BCUT2D eigenvalue weighted by Crippen LogP contribution is 2.43. The highest BCUT2D eigenvalue weighted by molar-refractivity contribution is 8.14. The second-order valence-corrected chi connectivity index (χ2v) is 10.8. The Morgan fingerprint density at radius 2 is 1.48 bits per heavy atom. The predicted molar refractivity (Wildman–Crippen MR) is 119 cm³/mol. The molecule has 0 fully saturated rings. The first kappa shape index (κ1) is 26.5. The molecule has 27 heavy (non-hydrogen) atoms. The maximum absolute atomic E-state index is 12.4. The zero-order valence-electron chi connectivity index (χ0n) is 18.3. The van der Waals surface area contributed by atoms with Crippen molar-refractivity contribution < 1.29 is 14.4 Å². The molecular formula is C21H39NO3S2. The van der Waals surface area contributed by atoms with Gasteiger partial charge < -0.3 is 5.32 Å². The number of hydrogen-bond acceptors (Lipinski definition) is 5. The van der Waals surface area contributed by atoms with Gasteiger partial charge in [-0.05, 0) is 38.0 Å². The van der Waals surface area contributed by atoms with Crippen molar-refractivity contribution in [1.29, 1.82) is 0 Å². The molecule has 1 unspecified atom stereocenters. The average molecular weight is 418 g/mol. The molecule has 1 N–H and O–H groups in total. The largest absolute Gasteiger partial charge is 0.356 e. The van der Waals surface area contributed by atoms with Gasteiger partial charge >= 0.3 is 0 Å². The van der Waals surface area contributed by atoms with Gasteiger partial charge in [0.2, 0.25) is 5.91 Å². The fourth-order valence-corrected chi connectivity index (χ4v) is 5.68. The van der Waals surface area contributed by atoms with Gasteiger partial charge in [0.15, 0.2) is 10.2 Å². The molecule has 1 atom stereocenters. The smallest absolute Gasteiger partial charge is 0.225 e. The molecule has 0 aliphatic carbocycles. The Balaban J connectivity index is 5.15. The van der Waals surface area contributed by atoms with Crippen molar-refractivity contribution in [2.75, 3.05) is 12.3 Å². The highest BCUT2D eigenvalue weighted by Gasteiger charge is 2.39. The van der Waals surface area contributed by atoms with Gasteiger partial charge in [0.1, 0.15) is 0 Å². The molecule has 0 rings (SSSR count). The third kappa shape index (κ3) is 10.6. The molecule has 0 bridgehead atoms. The SMILES string of the molecule is CCCC(=O)SCCC(SC(=O)CCC)C(C)(C)CC(C)(C)C(=O)NCC. The van der Waals surface area contributed by atoms with Crippen LogP contribution in [0.3, 0.4) is 0 Å². The van der Waals surface area contributed by atoms with Gasteiger partial charge in [0.05, 0.1) is 0 Å². The molecule has 0 aliphatic heterocycles. The van der Waals surface area contributed by atoms with Gasteiger partial charge in [-0.2, -0.15) is 0 Å². The molecule has 4 nitrogen and oxygen atoms in total. The minimum absolute atomic E-state index is 0.0502. The molecule has 0 spiro atoms. The second-order valence-electron chi connectivity index (χ2n) is 8.40. The normalized spacial score (nSPS) is 13.3. The fraction of sp³-hybridized carbons (Fsp3) is 0.857. The molecule has 0 saturated heterocycles. The Morgan fingerprint density at radius 1 is 0.926 bits per heavy atom. The molecule has 6 heteroatoms. The van der Waals surface area contributed by atoms with Crippen LogP contribution in [0.2, 0.25) is 0 Å². The van der Waals surface area contributed by atoms with E-state index in [1.165, 1.54) is 23.5 Å². The molecule has 0 aromatic heterocycles. The number of hydrogen-bond donors (Lipinski definition) is 1. The lowest BCUT2D eigenvalue weighted by Gasteiger charge is -2.39. The standard InChI is InChI=1S/C21H39NO3S2/c1-8-11-17(23)26-14-13-16(27-18(24)12-9-2)20(4,5)15-21(6,7)19(25)22-10-3/h16H,8-15H2,1-7H3,(H,22,25). The zero-order valence-corrected chi connectivity index (χ0v) is 19.9. The van der Waals surface area contributed by atoms with Gasteiger partial charge in [-0.3, -0.25) is 14.4 Å². The van der Waals surface area contributed by atoms with Crippen molar-refractivity contribution in [2.24, 2.45) is 10.8 Å². The topological polar surface area (TPSA) is 63.2 Å². The monoisotopic (exact) mass is 417 g/mol. The minimum atomic E-state index is -0.503. The summed E-state index contributed by atoms with van der Waals surface area (Å²) in [5, 5.41) is 3.44. The molecular weight excluding hydrogens is 378 g/mol. The van der Waals surface area contributed by atoms with E-state index in [0.717, 1.165) is 25.0 Å². The second kappa shape index (κ2) is 12.9.